The third kappa shape index (κ3) is 3.48. The van der Waals surface area contributed by atoms with Crippen LogP contribution >= 0.6 is 0 Å². The summed E-state index contributed by atoms with van der Waals surface area (Å²) in [6.07, 6.45) is 0.0654. The Morgan fingerprint density at radius 1 is 1.12 bits per heavy atom. The van der Waals surface area contributed by atoms with Crippen LogP contribution in [0, 0.1) is 11.3 Å². The van der Waals surface area contributed by atoms with Crippen LogP contribution in [0.25, 0.3) is 10.9 Å². The number of rotatable bonds is 4. The molecule has 0 aliphatic carbocycles. The second-order valence-electron chi connectivity index (χ2n) is 5.42. The molecule has 1 amide bonds. The van der Waals surface area contributed by atoms with Gasteiger partial charge in [-0.3, -0.25) is 19.1 Å². The third-order valence-electron chi connectivity index (χ3n) is 3.77. The number of H-pyrrole nitrogens is 1. The number of nitriles is 1. The molecule has 0 spiro atoms. The molecule has 0 atom stereocenters. The lowest BCUT2D eigenvalue weighted by Gasteiger charge is -2.09. The summed E-state index contributed by atoms with van der Waals surface area (Å²) in [6, 6.07) is 15.2. The number of aryl methyl sites for hydroxylation is 1. The number of aromatic nitrogens is 2. The van der Waals surface area contributed by atoms with Crippen LogP contribution in [0.15, 0.2) is 58.1 Å². The topological polar surface area (TPSA) is 108 Å². The van der Waals surface area contributed by atoms with Gasteiger partial charge < -0.3 is 5.32 Å². The summed E-state index contributed by atoms with van der Waals surface area (Å²) < 4.78 is 1.37. The van der Waals surface area contributed by atoms with E-state index in [0.717, 1.165) is 0 Å². The van der Waals surface area contributed by atoms with Crippen molar-refractivity contribution in [1.82, 2.24) is 9.55 Å². The molecule has 0 radical (unpaired) electrons. The molecule has 0 aliphatic heterocycles. The van der Waals surface area contributed by atoms with Crippen molar-refractivity contribution < 1.29 is 4.79 Å². The van der Waals surface area contributed by atoms with E-state index in [-0.39, 0.29) is 18.9 Å². The molecule has 25 heavy (non-hydrogen) atoms. The highest BCUT2D eigenvalue weighted by molar-refractivity contribution is 5.90. The van der Waals surface area contributed by atoms with Crippen molar-refractivity contribution >= 4 is 22.5 Å². The molecule has 1 aromatic heterocycles. The molecule has 1 heterocycles. The number of nitrogens with zero attached hydrogens (tertiary/aromatic N) is 2. The molecule has 3 rings (SSSR count). The maximum absolute atomic E-state index is 12.1. The Bertz CT molecular complexity index is 1090. The van der Waals surface area contributed by atoms with E-state index < -0.39 is 11.2 Å². The van der Waals surface area contributed by atoms with Crippen LogP contribution in [-0.2, 0) is 11.3 Å². The first-order valence-corrected chi connectivity index (χ1v) is 7.60. The predicted molar refractivity (Wildman–Crippen MR) is 93.2 cm³/mol. The first-order chi connectivity index (χ1) is 12.1. The Labute approximate surface area is 142 Å². The molecule has 0 aliphatic rings. The zero-order chi connectivity index (χ0) is 17.8. The summed E-state index contributed by atoms with van der Waals surface area (Å²) in [5.41, 5.74) is 0.572. The number of aromatic amines is 1. The number of anilines is 1. The number of hydrogen-bond donors (Lipinski definition) is 2. The highest BCUT2D eigenvalue weighted by Crippen LogP contribution is 2.10. The number of benzene rings is 2. The molecular formula is C18H14N4O3. The Kier molecular flexibility index (Phi) is 4.44. The van der Waals surface area contributed by atoms with E-state index in [0.29, 0.717) is 22.2 Å². The number of carbonyl (C=O) groups is 1. The number of carbonyl (C=O) groups excluding carboxylic acids is 1. The average molecular weight is 334 g/mol. The molecule has 2 N–H and O–H groups in total. The molecule has 0 bridgehead atoms. The second kappa shape index (κ2) is 6.84. The van der Waals surface area contributed by atoms with Gasteiger partial charge in [-0.05, 0) is 36.4 Å². The number of para-hydroxylation sites is 1. The first kappa shape index (κ1) is 16.2. The fourth-order valence-electron chi connectivity index (χ4n) is 2.53. The summed E-state index contributed by atoms with van der Waals surface area (Å²) in [4.78, 5) is 38.2. The summed E-state index contributed by atoms with van der Waals surface area (Å²) in [7, 11) is 0. The van der Waals surface area contributed by atoms with E-state index >= 15 is 0 Å². The number of nitrogens with one attached hydrogen (secondary N) is 2. The van der Waals surface area contributed by atoms with Crippen LogP contribution in [0.2, 0.25) is 0 Å². The second-order valence-corrected chi connectivity index (χ2v) is 5.42. The van der Waals surface area contributed by atoms with Crippen LogP contribution in [0.3, 0.4) is 0 Å². The van der Waals surface area contributed by atoms with Crippen molar-refractivity contribution in [2.24, 2.45) is 0 Å². The SMILES string of the molecule is N#Cc1ccc(NC(=O)CCn2c(=O)[nH]c(=O)c3ccccc32)cc1. The summed E-state index contributed by atoms with van der Waals surface area (Å²) in [5.74, 6) is -0.271. The Morgan fingerprint density at radius 2 is 1.84 bits per heavy atom. The molecule has 0 saturated heterocycles. The van der Waals surface area contributed by atoms with Gasteiger partial charge in [-0.1, -0.05) is 12.1 Å². The van der Waals surface area contributed by atoms with Crippen LogP contribution in [0.4, 0.5) is 5.69 Å². The number of fused-ring (bicyclic) bond motifs is 1. The van der Waals surface area contributed by atoms with Crippen molar-refractivity contribution in [3.05, 3.63) is 74.9 Å². The van der Waals surface area contributed by atoms with E-state index in [1.165, 1.54) is 4.57 Å². The highest BCUT2D eigenvalue weighted by atomic mass is 16.2. The molecule has 3 aromatic rings. The van der Waals surface area contributed by atoms with Crippen LogP contribution in [0.5, 0.6) is 0 Å². The van der Waals surface area contributed by atoms with Gasteiger partial charge in [0.05, 0.1) is 22.5 Å². The number of hydrogen-bond acceptors (Lipinski definition) is 4. The van der Waals surface area contributed by atoms with Gasteiger partial charge in [-0.15, -0.1) is 0 Å². The normalized spacial score (nSPS) is 10.4. The largest absolute Gasteiger partial charge is 0.328 e. The van der Waals surface area contributed by atoms with Gasteiger partial charge in [0.25, 0.3) is 5.56 Å². The van der Waals surface area contributed by atoms with Crippen molar-refractivity contribution in [3.8, 4) is 6.07 Å². The van der Waals surface area contributed by atoms with Gasteiger partial charge in [0.1, 0.15) is 0 Å². The van der Waals surface area contributed by atoms with Gasteiger partial charge in [0.2, 0.25) is 5.91 Å². The van der Waals surface area contributed by atoms with Gasteiger partial charge in [0, 0.05) is 18.7 Å². The molecule has 0 unspecified atom stereocenters. The van der Waals surface area contributed by atoms with E-state index in [1.807, 2.05) is 6.07 Å². The van der Waals surface area contributed by atoms with Gasteiger partial charge in [-0.25, -0.2) is 4.79 Å². The van der Waals surface area contributed by atoms with E-state index in [2.05, 4.69) is 10.3 Å². The summed E-state index contributed by atoms with van der Waals surface area (Å²) in [5, 5.41) is 11.9. The van der Waals surface area contributed by atoms with E-state index in [9.17, 15) is 14.4 Å². The number of amides is 1. The zero-order valence-corrected chi connectivity index (χ0v) is 13.2. The highest BCUT2D eigenvalue weighted by Gasteiger charge is 2.09. The smallest absolute Gasteiger partial charge is 0.326 e. The molecule has 7 nitrogen and oxygen atoms in total. The standard InChI is InChI=1S/C18H14N4O3/c19-11-12-5-7-13(8-6-12)20-16(23)9-10-22-15-4-2-1-3-14(15)17(24)21-18(22)25/h1-8H,9-10H2,(H,20,23)(H,21,24,25). The molecular weight excluding hydrogens is 320 g/mol. The van der Waals surface area contributed by atoms with E-state index in [1.54, 1.807) is 48.5 Å². The van der Waals surface area contributed by atoms with Crippen molar-refractivity contribution in [2.45, 2.75) is 13.0 Å². The molecule has 124 valence electrons. The average Bonchev–Trinajstić information content (AvgIpc) is 2.62. The molecule has 0 fully saturated rings. The van der Waals surface area contributed by atoms with Crippen LogP contribution in [0.1, 0.15) is 12.0 Å². The van der Waals surface area contributed by atoms with E-state index in [4.69, 9.17) is 5.26 Å². The predicted octanol–water partition coefficient (Wildman–Crippen LogP) is 1.59. The minimum atomic E-state index is -0.546. The zero-order valence-electron chi connectivity index (χ0n) is 13.2. The summed E-state index contributed by atoms with van der Waals surface area (Å²) in [6.45, 7) is 0.137. The maximum atomic E-state index is 12.1. The van der Waals surface area contributed by atoms with Gasteiger partial charge in [0.15, 0.2) is 0 Å². The van der Waals surface area contributed by atoms with Crippen LogP contribution < -0.4 is 16.6 Å². The Hall–Kier alpha value is -3.66. The lowest BCUT2D eigenvalue weighted by molar-refractivity contribution is -0.116. The minimum absolute atomic E-state index is 0.0654. The van der Waals surface area contributed by atoms with Gasteiger partial charge >= 0.3 is 5.69 Å². The minimum Gasteiger partial charge on any atom is -0.326 e. The fraction of sp³-hybridized carbons (Fsp3) is 0.111. The quantitative estimate of drug-likeness (QED) is 0.755. The maximum Gasteiger partial charge on any atom is 0.328 e. The molecule has 2 aromatic carbocycles. The lowest BCUT2D eigenvalue weighted by Crippen LogP contribution is -2.31. The van der Waals surface area contributed by atoms with Gasteiger partial charge in [-0.2, -0.15) is 5.26 Å². The first-order valence-electron chi connectivity index (χ1n) is 7.60. The monoisotopic (exact) mass is 334 g/mol. The third-order valence-corrected chi connectivity index (χ3v) is 3.77. The molecule has 7 heteroatoms. The molecule has 0 saturated carbocycles. The fourth-order valence-corrected chi connectivity index (χ4v) is 2.53. The van der Waals surface area contributed by atoms with Crippen molar-refractivity contribution in [3.63, 3.8) is 0 Å². The lowest BCUT2D eigenvalue weighted by atomic mass is 10.2. The van der Waals surface area contributed by atoms with Crippen molar-refractivity contribution in [2.75, 3.05) is 5.32 Å². The summed E-state index contributed by atoms with van der Waals surface area (Å²) >= 11 is 0. The van der Waals surface area contributed by atoms with Crippen LogP contribution in [-0.4, -0.2) is 15.5 Å². The van der Waals surface area contributed by atoms with Crippen molar-refractivity contribution in [1.29, 1.82) is 5.26 Å². The Morgan fingerprint density at radius 3 is 2.56 bits per heavy atom. The Balaban J connectivity index is 1.76.